The normalized spacial score (nSPS) is 13.8. The Morgan fingerprint density at radius 2 is 1.55 bits per heavy atom. The van der Waals surface area contributed by atoms with Gasteiger partial charge in [0.1, 0.15) is 29.6 Å². The van der Waals surface area contributed by atoms with Crippen molar-refractivity contribution in [2.45, 2.75) is 6.92 Å². The van der Waals surface area contributed by atoms with Crippen LogP contribution in [-0.2, 0) is 0 Å². The zero-order valence-electron chi connectivity index (χ0n) is 10.9. The Bertz CT molecular complexity index is 716. The molecule has 0 bridgehead atoms. The second-order valence-electron chi connectivity index (χ2n) is 4.77. The van der Waals surface area contributed by atoms with E-state index >= 15 is 0 Å². The van der Waals surface area contributed by atoms with Gasteiger partial charge in [-0.25, -0.2) is 0 Å². The molecule has 1 aliphatic heterocycles. The molecule has 0 unspecified atom stereocenters. The van der Waals surface area contributed by atoms with Crippen LogP contribution < -0.4 is 4.74 Å². The molecule has 2 aromatic rings. The van der Waals surface area contributed by atoms with E-state index in [0.717, 1.165) is 16.7 Å². The fourth-order valence-electron chi connectivity index (χ4n) is 2.42. The molecule has 4 nitrogen and oxygen atoms in total. The van der Waals surface area contributed by atoms with Gasteiger partial charge in [0.15, 0.2) is 0 Å². The van der Waals surface area contributed by atoms with Crippen molar-refractivity contribution in [2.75, 3.05) is 6.61 Å². The van der Waals surface area contributed by atoms with Crippen LogP contribution in [-0.4, -0.2) is 21.9 Å². The van der Waals surface area contributed by atoms with Crippen molar-refractivity contribution in [3.8, 4) is 23.0 Å². The maximum absolute atomic E-state index is 9.96. The lowest BCUT2D eigenvalue weighted by atomic mass is 9.93. The molecule has 0 atom stereocenters. The van der Waals surface area contributed by atoms with Crippen molar-refractivity contribution in [3.63, 3.8) is 0 Å². The largest absolute Gasteiger partial charge is 0.508 e. The molecule has 0 spiro atoms. The second kappa shape index (κ2) is 4.49. The lowest BCUT2D eigenvalue weighted by Gasteiger charge is -2.23. The number of ether oxygens (including phenoxy) is 1. The summed E-state index contributed by atoms with van der Waals surface area (Å²) in [5.41, 5.74) is 3.36. The van der Waals surface area contributed by atoms with E-state index in [9.17, 15) is 15.3 Å². The molecule has 102 valence electrons. The molecule has 0 aliphatic carbocycles. The Kier molecular flexibility index (Phi) is 2.79. The molecule has 4 heteroatoms. The van der Waals surface area contributed by atoms with Gasteiger partial charge in [0, 0.05) is 28.8 Å². The molecule has 3 N–H and O–H groups in total. The highest BCUT2D eigenvalue weighted by Gasteiger charge is 2.20. The van der Waals surface area contributed by atoms with E-state index in [-0.39, 0.29) is 17.2 Å². The zero-order chi connectivity index (χ0) is 14.3. The smallest absolute Gasteiger partial charge is 0.130 e. The quantitative estimate of drug-likeness (QED) is 0.744. The summed E-state index contributed by atoms with van der Waals surface area (Å²) in [6, 6.07) is 9.47. The number of hydrogen-bond donors (Lipinski definition) is 3. The number of rotatable bonds is 1. The number of hydrogen-bond acceptors (Lipinski definition) is 4. The summed E-state index contributed by atoms with van der Waals surface area (Å²) in [5.74, 6) is 0.828. The molecule has 20 heavy (non-hydrogen) atoms. The van der Waals surface area contributed by atoms with Crippen molar-refractivity contribution >= 4 is 11.1 Å². The van der Waals surface area contributed by atoms with Gasteiger partial charge in [-0.05, 0) is 36.8 Å². The van der Waals surface area contributed by atoms with E-state index in [2.05, 4.69) is 0 Å². The van der Waals surface area contributed by atoms with Crippen LogP contribution in [0.15, 0.2) is 36.4 Å². The van der Waals surface area contributed by atoms with E-state index < -0.39 is 0 Å². The first kappa shape index (κ1) is 12.4. The van der Waals surface area contributed by atoms with Gasteiger partial charge in [-0.15, -0.1) is 0 Å². The van der Waals surface area contributed by atoms with E-state index in [4.69, 9.17) is 4.74 Å². The molecule has 2 aromatic carbocycles. The molecular formula is C16H14O4. The summed E-state index contributed by atoms with van der Waals surface area (Å²) >= 11 is 0. The molecule has 1 heterocycles. The molecule has 3 rings (SSSR count). The minimum absolute atomic E-state index is 0.0187. The Morgan fingerprint density at radius 1 is 0.900 bits per heavy atom. The summed E-state index contributed by atoms with van der Waals surface area (Å²) in [6.45, 7) is 2.25. The van der Waals surface area contributed by atoms with Gasteiger partial charge in [0.05, 0.1) is 0 Å². The van der Waals surface area contributed by atoms with Crippen molar-refractivity contribution in [1.82, 2.24) is 0 Å². The summed E-state index contributed by atoms with van der Waals surface area (Å²) in [6.07, 6.45) is 0. The average molecular weight is 270 g/mol. The lowest BCUT2D eigenvalue weighted by molar-refractivity contribution is 0.360. The average Bonchev–Trinajstić information content (AvgIpc) is 2.40. The van der Waals surface area contributed by atoms with Crippen LogP contribution in [0.4, 0.5) is 0 Å². The summed E-state index contributed by atoms with van der Waals surface area (Å²) in [7, 11) is 0. The fraction of sp³-hybridized carbons (Fsp3) is 0.125. The molecule has 0 aromatic heterocycles. The number of aromatic hydroxyl groups is 3. The number of fused-ring (bicyclic) bond motifs is 1. The first-order chi connectivity index (χ1) is 9.56. The third kappa shape index (κ3) is 1.95. The van der Waals surface area contributed by atoms with E-state index in [1.807, 2.05) is 6.92 Å². The third-order valence-electron chi connectivity index (χ3n) is 3.50. The number of phenols is 3. The van der Waals surface area contributed by atoms with Crippen molar-refractivity contribution in [3.05, 3.63) is 47.5 Å². The standard InChI is InChI=1S/C16H14O4/c1-9-12-4-2-11(18)7-16(12)20-8-14(9)13-5-3-10(17)6-15(13)19/h2-7,17-19H,8H2,1H3. The highest BCUT2D eigenvalue weighted by Crippen LogP contribution is 2.41. The van der Waals surface area contributed by atoms with Crippen LogP contribution >= 0.6 is 0 Å². The number of benzene rings is 2. The summed E-state index contributed by atoms with van der Waals surface area (Å²) in [5, 5.41) is 28.8. The highest BCUT2D eigenvalue weighted by molar-refractivity contribution is 5.95. The molecule has 1 aliphatic rings. The minimum Gasteiger partial charge on any atom is -0.508 e. The molecule has 0 saturated carbocycles. The molecule has 0 amide bonds. The molecule has 0 fully saturated rings. The Morgan fingerprint density at radius 3 is 2.25 bits per heavy atom. The summed E-state index contributed by atoms with van der Waals surface area (Å²) < 4.78 is 5.64. The Labute approximate surface area is 116 Å². The van der Waals surface area contributed by atoms with Gasteiger partial charge in [-0.1, -0.05) is 0 Å². The van der Waals surface area contributed by atoms with Crippen molar-refractivity contribution in [1.29, 1.82) is 0 Å². The zero-order valence-corrected chi connectivity index (χ0v) is 10.9. The van der Waals surface area contributed by atoms with Crippen LogP contribution in [0.25, 0.3) is 11.1 Å². The van der Waals surface area contributed by atoms with Gasteiger partial charge in [0.2, 0.25) is 0 Å². The van der Waals surface area contributed by atoms with Crippen LogP contribution in [0.1, 0.15) is 18.1 Å². The summed E-state index contributed by atoms with van der Waals surface area (Å²) in [4.78, 5) is 0. The third-order valence-corrected chi connectivity index (χ3v) is 3.50. The minimum atomic E-state index is 0.0187. The first-order valence-corrected chi connectivity index (χ1v) is 6.24. The van der Waals surface area contributed by atoms with E-state index in [1.165, 1.54) is 12.1 Å². The van der Waals surface area contributed by atoms with Gasteiger partial charge in [0.25, 0.3) is 0 Å². The number of allylic oxidation sites excluding steroid dienone is 1. The van der Waals surface area contributed by atoms with E-state index in [1.54, 1.807) is 24.3 Å². The second-order valence-corrected chi connectivity index (χ2v) is 4.77. The van der Waals surface area contributed by atoms with E-state index in [0.29, 0.717) is 17.9 Å². The molecule has 0 radical (unpaired) electrons. The maximum Gasteiger partial charge on any atom is 0.130 e. The maximum atomic E-state index is 9.96. The highest BCUT2D eigenvalue weighted by atomic mass is 16.5. The number of phenolic OH excluding ortho intramolecular Hbond substituents is 3. The van der Waals surface area contributed by atoms with Crippen LogP contribution in [0.3, 0.4) is 0 Å². The SMILES string of the molecule is CC1=C(c2ccc(O)cc2O)COc2cc(O)ccc21. The Hall–Kier alpha value is -2.62. The first-order valence-electron chi connectivity index (χ1n) is 6.24. The molecular weight excluding hydrogens is 256 g/mol. The predicted octanol–water partition coefficient (Wildman–Crippen LogP) is 3.13. The topological polar surface area (TPSA) is 69.9 Å². The van der Waals surface area contributed by atoms with Crippen LogP contribution in [0, 0.1) is 0 Å². The van der Waals surface area contributed by atoms with Crippen molar-refractivity contribution < 1.29 is 20.1 Å². The monoisotopic (exact) mass is 270 g/mol. The lowest BCUT2D eigenvalue weighted by Crippen LogP contribution is -2.09. The van der Waals surface area contributed by atoms with Crippen molar-refractivity contribution in [2.24, 2.45) is 0 Å². The van der Waals surface area contributed by atoms with Crippen LogP contribution in [0.5, 0.6) is 23.0 Å². The van der Waals surface area contributed by atoms with Crippen LogP contribution in [0.2, 0.25) is 0 Å². The predicted molar refractivity (Wildman–Crippen MR) is 75.9 cm³/mol. The van der Waals surface area contributed by atoms with Gasteiger partial charge >= 0.3 is 0 Å². The van der Waals surface area contributed by atoms with Gasteiger partial charge in [-0.3, -0.25) is 0 Å². The van der Waals surface area contributed by atoms with Gasteiger partial charge in [-0.2, -0.15) is 0 Å². The van der Waals surface area contributed by atoms with Gasteiger partial charge < -0.3 is 20.1 Å². The Balaban J connectivity index is 2.15. The molecule has 0 saturated heterocycles. The fourth-order valence-corrected chi connectivity index (χ4v) is 2.42.